The number of ether oxygens (including phenoxy) is 1. The SMILES string of the molecule is CCC1=C(C)C(=O)N/C1=C\c1[nH]c(Cc2[nH]c(/C=C3/NC(=O)C(C)=C3CC)c(C)c2CCC(=O)OC)c([C@@H](C)CC(=O)O)c1C. The quantitative estimate of drug-likeness (QED) is 0.195. The maximum atomic E-state index is 12.4. The van der Waals surface area contributed by atoms with Gasteiger partial charge in [-0.1, -0.05) is 20.8 Å². The number of hydrogen-bond donors (Lipinski definition) is 5. The Balaban J connectivity index is 1.84. The fourth-order valence-electron chi connectivity index (χ4n) is 6.58. The predicted molar refractivity (Wildman–Crippen MR) is 173 cm³/mol. The Labute approximate surface area is 264 Å². The summed E-state index contributed by atoms with van der Waals surface area (Å²) in [7, 11) is 1.37. The molecule has 4 heterocycles. The molecule has 0 saturated heterocycles. The summed E-state index contributed by atoms with van der Waals surface area (Å²) in [5.74, 6) is -1.71. The lowest BCUT2D eigenvalue weighted by molar-refractivity contribution is -0.140. The van der Waals surface area contributed by atoms with Gasteiger partial charge in [-0.3, -0.25) is 19.2 Å². The second-order valence-corrected chi connectivity index (χ2v) is 11.9. The number of esters is 1. The van der Waals surface area contributed by atoms with Crippen molar-refractivity contribution in [1.82, 2.24) is 20.6 Å². The van der Waals surface area contributed by atoms with Crippen LogP contribution in [0.15, 0.2) is 33.7 Å². The molecule has 2 aromatic heterocycles. The standard InChI is InChI=1S/C35H44N4O6/c1-9-22-19(5)34(43)38-27(22)14-25-18(4)24(11-12-32(42)45-8)29(36-25)16-30-33(17(3)13-31(40)41)21(7)26(37-30)15-28-23(10-2)20(6)35(44)39-28/h14-15,17,36-37H,9-13,16H2,1-8H3,(H,38,43)(H,39,44)(H,40,41)/b27-14+,28-15-/t17-/m0/s1. The fourth-order valence-corrected chi connectivity index (χ4v) is 6.58. The molecule has 5 N–H and O–H groups in total. The number of aliphatic carboxylic acids is 1. The van der Waals surface area contributed by atoms with Crippen LogP contribution in [-0.2, 0) is 36.8 Å². The van der Waals surface area contributed by atoms with Gasteiger partial charge >= 0.3 is 11.9 Å². The van der Waals surface area contributed by atoms with Crippen molar-refractivity contribution in [3.8, 4) is 0 Å². The zero-order valence-corrected chi connectivity index (χ0v) is 27.5. The smallest absolute Gasteiger partial charge is 0.305 e. The lowest BCUT2D eigenvalue weighted by atomic mass is 9.91. The number of carboxylic acids is 1. The first-order valence-electron chi connectivity index (χ1n) is 15.5. The Morgan fingerprint density at radius 2 is 1.36 bits per heavy atom. The van der Waals surface area contributed by atoms with E-state index in [1.165, 1.54) is 7.11 Å². The van der Waals surface area contributed by atoms with E-state index in [0.29, 0.717) is 36.8 Å². The van der Waals surface area contributed by atoms with Crippen LogP contribution in [0.3, 0.4) is 0 Å². The Morgan fingerprint density at radius 3 is 1.84 bits per heavy atom. The minimum atomic E-state index is -0.888. The monoisotopic (exact) mass is 616 g/mol. The first-order valence-corrected chi connectivity index (χ1v) is 15.5. The van der Waals surface area contributed by atoms with Gasteiger partial charge in [0.15, 0.2) is 0 Å². The Morgan fingerprint density at radius 1 is 0.844 bits per heavy atom. The Bertz CT molecular complexity index is 1690. The highest BCUT2D eigenvalue weighted by molar-refractivity contribution is 6.01. The number of carbonyl (C=O) groups is 4. The summed E-state index contributed by atoms with van der Waals surface area (Å²) in [6, 6.07) is 0. The van der Waals surface area contributed by atoms with Crippen molar-refractivity contribution in [1.29, 1.82) is 0 Å². The van der Waals surface area contributed by atoms with Gasteiger partial charge in [-0.25, -0.2) is 0 Å². The minimum absolute atomic E-state index is 0.0425. The molecular formula is C35H44N4O6. The lowest BCUT2D eigenvalue weighted by Gasteiger charge is -2.13. The number of rotatable bonds is 12. The van der Waals surface area contributed by atoms with Gasteiger partial charge in [-0.05, 0) is 98.4 Å². The number of methoxy groups -OCH3 is 1. The van der Waals surface area contributed by atoms with Gasteiger partial charge in [0.2, 0.25) is 0 Å². The Kier molecular flexibility index (Phi) is 10.1. The van der Waals surface area contributed by atoms with Crippen LogP contribution in [0.25, 0.3) is 12.2 Å². The van der Waals surface area contributed by atoms with Crippen molar-refractivity contribution in [2.45, 2.75) is 92.9 Å². The van der Waals surface area contributed by atoms with Gasteiger partial charge in [0.05, 0.1) is 13.5 Å². The van der Waals surface area contributed by atoms with Crippen LogP contribution in [0.5, 0.6) is 0 Å². The highest BCUT2D eigenvalue weighted by Crippen LogP contribution is 2.35. The Hall–Kier alpha value is -4.60. The van der Waals surface area contributed by atoms with E-state index < -0.39 is 5.97 Å². The van der Waals surface area contributed by atoms with Gasteiger partial charge < -0.3 is 30.4 Å². The molecule has 0 fully saturated rings. The van der Waals surface area contributed by atoms with Crippen molar-refractivity contribution in [3.63, 3.8) is 0 Å². The highest BCUT2D eigenvalue weighted by Gasteiger charge is 2.27. The van der Waals surface area contributed by atoms with Crippen molar-refractivity contribution in [3.05, 3.63) is 78.7 Å². The summed E-state index contributed by atoms with van der Waals surface area (Å²) < 4.78 is 4.92. The van der Waals surface area contributed by atoms with E-state index >= 15 is 0 Å². The van der Waals surface area contributed by atoms with Crippen molar-refractivity contribution in [2.24, 2.45) is 0 Å². The molecule has 0 unspecified atom stereocenters. The number of allylic oxidation sites excluding steroid dienone is 2. The molecule has 10 nitrogen and oxygen atoms in total. The van der Waals surface area contributed by atoms with E-state index in [1.54, 1.807) is 0 Å². The molecule has 0 aromatic carbocycles. The lowest BCUT2D eigenvalue weighted by Crippen LogP contribution is -2.15. The number of nitrogens with one attached hydrogen (secondary N) is 4. The normalized spacial score (nSPS) is 17.5. The van der Waals surface area contributed by atoms with E-state index in [2.05, 4.69) is 20.6 Å². The number of carbonyl (C=O) groups excluding carboxylic acids is 3. The number of H-pyrrole nitrogens is 2. The van der Waals surface area contributed by atoms with Gasteiger partial charge in [0, 0.05) is 58.2 Å². The maximum Gasteiger partial charge on any atom is 0.305 e. The van der Waals surface area contributed by atoms with Crippen LogP contribution in [-0.4, -0.2) is 45.9 Å². The topological polar surface area (TPSA) is 153 Å². The highest BCUT2D eigenvalue weighted by atomic mass is 16.5. The van der Waals surface area contributed by atoms with Crippen LogP contribution in [0.2, 0.25) is 0 Å². The van der Waals surface area contributed by atoms with Crippen LogP contribution < -0.4 is 10.6 Å². The largest absolute Gasteiger partial charge is 0.481 e. The van der Waals surface area contributed by atoms with Crippen molar-refractivity contribution in [2.75, 3.05) is 7.11 Å². The second-order valence-electron chi connectivity index (χ2n) is 11.9. The summed E-state index contributed by atoms with van der Waals surface area (Å²) in [5.41, 5.74) is 11.9. The van der Waals surface area contributed by atoms with Crippen molar-refractivity contribution >= 4 is 35.9 Å². The molecule has 0 radical (unpaired) electrons. The van der Waals surface area contributed by atoms with Gasteiger partial charge in [0.25, 0.3) is 11.8 Å². The van der Waals surface area contributed by atoms with E-state index in [-0.39, 0.29) is 36.5 Å². The molecule has 2 amide bonds. The predicted octanol–water partition coefficient (Wildman–Crippen LogP) is 5.63. The van der Waals surface area contributed by atoms with Gasteiger partial charge in [-0.2, -0.15) is 0 Å². The summed E-state index contributed by atoms with van der Waals surface area (Å²) in [5, 5.41) is 15.6. The van der Waals surface area contributed by atoms with Crippen LogP contribution in [0.4, 0.5) is 0 Å². The van der Waals surface area contributed by atoms with Gasteiger partial charge in [0.1, 0.15) is 0 Å². The molecule has 0 aliphatic carbocycles. The summed E-state index contributed by atoms with van der Waals surface area (Å²) in [6.45, 7) is 13.5. The minimum Gasteiger partial charge on any atom is -0.481 e. The molecule has 2 aliphatic rings. The summed E-state index contributed by atoms with van der Waals surface area (Å²) in [4.78, 5) is 55.9. The van der Waals surface area contributed by atoms with E-state index in [4.69, 9.17) is 4.74 Å². The molecule has 2 aliphatic heterocycles. The molecule has 45 heavy (non-hydrogen) atoms. The molecule has 0 bridgehead atoms. The molecule has 0 saturated carbocycles. The zero-order chi connectivity index (χ0) is 33.2. The molecule has 4 rings (SSSR count). The average Bonchev–Trinajstić information content (AvgIpc) is 3.63. The van der Waals surface area contributed by atoms with E-state index in [1.807, 2.05) is 60.6 Å². The first kappa shape index (κ1) is 33.3. The third-order valence-electron chi connectivity index (χ3n) is 9.08. The van der Waals surface area contributed by atoms with Crippen LogP contribution in [0.1, 0.15) is 111 Å². The number of amides is 2. The average molecular weight is 617 g/mol. The number of aromatic amines is 2. The molecular weight excluding hydrogens is 572 g/mol. The van der Waals surface area contributed by atoms with E-state index in [0.717, 1.165) is 67.6 Å². The molecule has 0 spiro atoms. The number of hydrogen-bond acceptors (Lipinski definition) is 5. The first-order chi connectivity index (χ1) is 21.3. The van der Waals surface area contributed by atoms with Crippen molar-refractivity contribution < 1.29 is 29.0 Å². The third kappa shape index (κ3) is 6.74. The number of carboxylic acid groups (broad SMARTS) is 1. The summed E-state index contributed by atoms with van der Waals surface area (Å²) in [6.07, 6.45) is 6.31. The third-order valence-corrected chi connectivity index (χ3v) is 9.08. The maximum absolute atomic E-state index is 12.4. The molecule has 1 atom stereocenters. The van der Waals surface area contributed by atoms with E-state index in [9.17, 15) is 24.3 Å². The molecule has 10 heteroatoms. The fraction of sp³-hybridized carbons (Fsp3) is 0.429. The number of aromatic nitrogens is 2. The second kappa shape index (κ2) is 13.6. The van der Waals surface area contributed by atoms with Crippen LogP contribution >= 0.6 is 0 Å². The molecule has 240 valence electrons. The summed E-state index contributed by atoms with van der Waals surface area (Å²) >= 11 is 0. The molecule has 2 aromatic rings. The zero-order valence-electron chi connectivity index (χ0n) is 27.5. The van der Waals surface area contributed by atoms with Crippen LogP contribution in [0, 0.1) is 13.8 Å². The van der Waals surface area contributed by atoms with Gasteiger partial charge in [-0.15, -0.1) is 0 Å².